The molecule has 5 atom stereocenters. The molecule has 1 aliphatic rings. The zero-order valence-corrected chi connectivity index (χ0v) is 71.8. The standard InChI is InChI=1S/C111H92O21/c112-106(87-51-56-92(117-66-77-31-11-1-12-32-77)97(61-87)122-71-82-41-21-6-22-42-82)127-76-102-103(129-107(113)88-52-57-93(118-67-78-33-13-2-14-34-78)98(62-88)123-72-83-43-23-7-24-44-83)104(130-108(114)89-53-58-94(119-68-79-35-15-3-16-36-79)99(63-89)124-73-84-45-25-8-26-46-84)105(131-109(115)90-54-59-95(120-69-80-37-17-4-18-38-80)100(64-90)125-74-85-47-27-9-28-48-85)111(128-102)132-110(116)91-55-60-96(121-70-81-39-19-5-20-40-81)101(65-91)126-75-86-49-29-10-30-50-86/h1-65,102-105,111H,66-76H2/t102-,103-,104+,105-,111?/m1/s1. The zero-order chi connectivity index (χ0) is 90.3. The highest BCUT2D eigenvalue weighted by Gasteiger charge is 2.55. The van der Waals surface area contributed by atoms with Crippen molar-refractivity contribution in [3.8, 4) is 57.5 Å². The minimum Gasteiger partial charge on any atom is -0.485 e. The van der Waals surface area contributed by atoms with E-state index in [2.05, 4.69) is 0 Å². The molecule has 132 heavy (non-hydrogen) atoms. The van der Waals surface area contributed by atoms with Crippen molar-refractivity contribution in [3.05, 3.63) is 478 Å². The van der Waals surface area contributed by atoms with Gasteiger partial charge in [0.1, 0.15) is 78.8 Å². The Labute approximate surface area is 764 Å². The van der Waals surface area contributed by atoms with Crippen LogP contribution in [0.1, 0.15) is 107 Å². The van der Waals surface area contributed by atoms with Gasteiger partial charge < -0.3 is 75.8 Å². The van der Waals surface area contributed by atoms with Gasteiger partial charge in [0.05, 0.1) is 27.8 Å². The number of hydrogen-bond acceptors (Lipinski definition) is 21. The predicted molar refractivity (Wildman–Crippen MR) is 492 cm³/mol. The molecule has 1 saturated heterocycles. The molecule has 0 bridgehead atoms. The fourth-order valence-electron chi connectivity index (χ4n) is 14.2. The normalized spacial score (nSPS) is 14.3. The third kappa shape index (κ3) is 25.1. The van der Waals surface area contributed by atoms with E-state index in [9.17, 15) is 0 Å². The average Bonchev–Trinajstić information content (AvgIpc) is 0.766. The van der Waals surface area contributed by atoms with Gasteiger partial charge in [-0.15, -0.1) is 0 Å². The number of ether oxygens (including phenoxy) is 16. The number of carbonyl (C=O) groups excluding carboxylic acids is 5. The van der Waals surface area contributed by atoms with Gasteiger partial charge in [-0.1, -0.05) is 303 Å². The van der Waals surface area contributed by atoms with Crippen LogP contribution >= 0.6 is 0 Å². The maximum atomic E-state index is 16.2. The van der Waals surface area contributed by atoms with Gasteiger partial charge >= 0.3 is 29.8 Å². The van der Waals surface area contributed by atoms with E-state index in [-0.39, 0.29) is 146 Å². The van der Waals surface area contributed by atoms with E-state index in [4.69, 9.17) is 75.8 Å². The lowest BCUT2D eigenvalue weighted by molar-refractivity contribution is -0.282. The summed E-state index contributed by atoms with van der Waals surface area (Å²) in [5, 5.41) is 0. The Hall–Kier alpha value is -16.4. The predicted octanol–water partition coefficient (Wildman–Crippen LogP) is 21.9. The third-order valence-electron chi connectivity index (χ3n) is 21.2. The van der Waals surface area contributed by atoms with Gasteiger partial charge in [0.15, 0.2) is 69.7 Å². The summed E-state index contributed by atoms with van der Waals surface area (Å²) >= 11 is 0. The van der Waals surface area contributed by atoms with Gasteiger partial charge in [-0.05, 0) is 147 Å². The van der Waals surface area contributed by atoms with Crippen LogP contribution in [-0.4, -0.2) is 67.2 Å². The monoisotopic (exact) mass is 1760 g/mol. The van der Waals surface area contributed by atoms with E-state index in [0.717, 1.165) is 55.6 Å². The fraction of sp³-hybridized carbons (Fsp3) is 0.144. The molecule has 21 nitrogen and oxygen atoms in total. The molecule has 1 aliphatic heterocycles. The lowest BCUT2D eigenvalue weighted by atomic mass is 9.97. The molecule has 0 N–H and O–H groups in total. The summed E-state index contributed by atoms with van der Waals surface area (Å²) in [6.07, 6.45) is -10.4. The van der Waals surface area contributed by atoms with Gasteiger partial charge in [0, 0.05) is 0 Å². The largest absolute Gasteiger partial charge is 0.485 e. The van der Waals surface area contributed by atoms with Crippen LogP contribution in [0.2, 0.25) is 0 Å². The Morgan fingerprint density at radius 3 is 0.591 bits per heavy atom. The van der Waals surface area contributed by atoms with E-state index in [0.29, 0.717) is 5.75 Å². The first-order valence-electron chi connectivity index (χ1n) is 43.0. The summed E-state index contributed by atoms with van der Waals surface area (Å²) in [5.74, 6) is -3.54. The van der Waals surface area contributed by atoms with E-state index in [1.54, 1.807) is 18.2 Å². The average molecular weight is 1760 g/mol. The van der Waals surface area contributed by atoms with E-state index >= 15 is 24.0 Å². The summed E-state index contributed by atoms with van der Waals surface area (Å²) in [6, 6.07) is 116. The van der Waals surface area contributed by atoms with Gasteiger partial charge in [-0.2, -0.15) is 0 Å². The molecule has 0 amide bonds. The molecule has 15 aromatic carbocycles. The number of hydrogen-bond donors (Lipinski definition) is 0. The molecule has 16 rings (SSSR count). The first-order chi connectivity index (χ1) is 64.9. The topological polar surface area (TPSA) is 233 Å². The SMILES string of the molecule is O=C(OC[C@H]1OC(OC(=O)c2ccc(OCc3ccccc3)c(OCc3ccccc3)c2)[C@H](OC(=O)c2ccc(OCc3ccccc3)c(OCc3ccccc3)c2)[C@@H](OC(=O)c2ccc(OCc3ccccc3)c(OCc3ccccc3)c2)[C@@H]1OC(=O)c1ccc(OCc2ccccc2)c(OCc2ccccc2)c1)c1ccc(OCc2ccccc2)c(OCc2ccccc2)c1. The molecule has 0 aliphatic carbocycles. The van der Waals surface area contributed by atoms with Crippen LogP contribution in [0.4, 0.5) is 0 Å². The van der Waals surface area contributed by atoms with Crippen molar-refractivity contribution < 1.29 is 99.8 Å². The van der Waals surface area contributed by atoms with Crippen molar-refractivity contribution >= 4 is 29.8 Å². The molecule has 1 unspecified atom stereocenters. The summed E-state index contributed by atoms with van der Waals surface area (Å²) in [6.45, 7) is -0.160. The van der Waals surface area contributed by atoms with Crippen LogP contribution in [0.15, 0.2) is 394 Å². The number of carbonyl (C=O) groups is 5. The molecule has 15 aromatic rings. The van der Waals surface area contributed by atoms with E-state index < -0.39 is 67.2 Å². The molecule has 1 fully saturated rings. The quantitative estimate of drug-likeness (QED) is 0.0256. The second kappa shape index (κ2) is 45.3. The molecule has 0 aromatic heterocycles. The van der Waals surface area contributed by atoms with Crippen molar-refractivity contribution in [2.24, 2.45) is 0 Å². The Morgan fingerprint density at radius 2 is 0.371 bits per heavy atom. The van der Waals surface area contributed by atoms with Gasteiger partial charge in [-0.3, -0.25) is 0 Å². The Morgan fingerprint density at radius 1 is 0.189 bits per heavy atom. The highest BCUT2D eigenvalue weighted by atomic mass is 16.7. The van der Waals surface area contributed by atoms with Crippen LogP contribution in [0.5, 0.6) is 57.5 Å². The minimum atomic E-state index is -2.21. The lowest BCUT2D eigenvalue weighted by Crippen LogP contribution is -2.63. The third-order valence-corrected chi connectivity index (χ3v) is 21.2. The zero-order valence-electron chi connectivity index (χ0n) is 71.8. The van der Waals surface area contributed by atoms with E-state index in [1.807, 2.05) is 303 Å². The van der Waals surface area contributed by atoms with Crippen LogP contribution in [0, 0.1) is 0 Å². The summed E-state index contributed by atoms with van der Waals surface area (Å²) in [7, 11) is 0. The van der Waals surface area contributed by atoms with Crippen molar-refractivity contribution in [1.82, 2.24) is 0 Å². The maximum absolute atomic E-state index is 16.2. The smallest absolute Gasteiger partial charge is 0.340 e. The Balaban J connectivity index is 0.830. The van der Waals surface area contributed by atoms with Crippen molar-refractivity contribution in [2.75, 3.05) is 6.61 Å². The second-order valence-corrected chi connectivity index (χ2v) is 30.7. The molecular weight excluding hydrogens is 1670 g/mol. The first-order valence-corrected chi connectivity index (χ1v) is 43.0. The first kappa shape index (κ1) is 89.0. The highest BCUT2D eigenvalue weighted by Crippen LogP contribution is 2.40. The molecule has 0 radical (unpaired) electrons. The lowest BCUT2D eigenvalue weighted by Gasteiger charge is -2.44. The van der Waals surface area contributed by atoms with Gasteiger partial charge in [-0.25, -0.2) is 24.0 Å². The number of esters is 5. The minimum absolute atomic E-state index is 0.0150. The molecule has 1 heterocycles. The Bertz CT molecular complexity index is 6270. The van der Waals surface area contributed by atoms with Crippen LogP contribution < -0.4 is 47.4 Å². The maximum Gasteiger partial charge on any atom is 0.340 e. The summed E-state index contributed by atoms with van der Waals surface area (Å²) in [5.41, 5.74) is 7.50. The highest BCUT2D eigenvalue weighted by molar-refractivity contribution is 5.94. The molecule has 0 spiro atoms. The molecule has 662 valence electrons. The van der Waals surface area contributed by atoms with E-state index in [1.165, 1.54) is 72.8 Å². The fourth-order valence-corrected chi connectivity index (χ4v) is 14.2. The molecule has 0 saturated carbocycles. The Kier molecular flexibility index (Phi) is 30.6. The van der Waals surface area contributed by atoms with Gasteiger partial charge in [0.2, 0.25) is 12.4 Å². The van der Waals surface area contributed by atoms with Crippen LogP contribution in [0.25, 0.3) is 0 Å². The summed E-state index contributed by atoms with van der Waals surface area (Å²) < 4.78 is 105. The number of benzene rings is 15. The van der Waals surface area contributed by atoms with Crippen molar-refractivity contribution in [2.45, 2.75) is 96.8 Å². The van der Waals surface area contributed by atoms with Crippen molar-refractivity contribution in [1.29, 1.82) is 0 Å². The van der Waals surface area contributed by atoms with Crippen LogP contribution in [-0.2, 0) is 94.5 Å². The molecule has 21 heteroatoms. The van der Waals surface area contributed by atoms with Crippen molar-refractivity contribution in [3.63, 3.8) is 0 Å². The molecular formula is C111H92O21. The second-order valence-electron chi connectivity index (χ2n) is 30.7. The van der Waals surface area contributed by atoms with Crippen LogP contribution in [0.3, 0.4) is 0 Å². The summed E-state index contributed by atoms with van der Waals surface area (Å²) in [4.78, 5) is 79.4. The number of rotatable bonds is 41. The van der Waals surface area contributed by atoms with Gasteiger partial charge in [0.25, 0.3) is 0 Å².